The third-order valence-corrected chi connectivity index (χ3v) is 7.02. The van der Waals surface area contributed by atoms with Gasteiger partial charge in [0.25, 0.3) is 0 Å². The van der Waals surface area contributed by atoms with E-state index in [9.17, 15) is 13.2 Å². The largest absolute Gasteiger partial charge is 0.273 e. The lowest BCUT2D eigenvalue weighted by atomic mass is 9.93. The van der Waals surface area contributed by atoms with Crippen LogP contribution in [-0.4, -0.2) is 25.6 Å². The topological polar surface area (TPSA) is 67.3 Å². The van der Waals surface area contributed by atoms with Crippen molar-refractivity contribution in [1.29, 1.82) is 0 Å². The molecule has 1 heterocycles. The van der Waals surface area contributed by atoms with Crippen LogP contribution in [0.2, 0.25) is 0 Å². The van der Waals surface area contributed by atoms with Crippen LogP contribution < -0.4 is 4.31 Å². The number of sulfonamides is 1. The molecule has 5 rings (SSSR count). The quantitative estimate of drug-likeness (QED) is 0.444. The van der Waals surface area contributed by atoms with Crippen LogP contribution in [0.4, 0.5) is 5.69 Å². The van der Waals surface area contributed by atoms with Gasteiger partial charge in [0.2, 0.25) is 15.9 Å². The first-order valence-electron chi connectivity index (χ1n) is 10.4. The van der Waals surface area contributed by atoms with E-state index in [1.54, 1.807) is 18.2 Å². The summed E-state index contributed by atoms with van der Waals surface area (Å²) >= 11 is 0. The highest BCUT2D eigenvalue weighted by Crippen LogP contribution is 2.46. The van der Waals surface area contributed by atoms with Gasteiger partial charge in [-0.1, -0.05) is 54.6 Å². The normalized spacial score (nSPS) is 13.1. The molecule has 0 fully saturated rings. The lowest BCUT2D eigenvalue weighted by Gasteiger charge is -2.23. The third kappa shape index (κ3) is 3.46. The molecule has 0 saturated carbocycles. The Labute approximate surface area is 187 Å². The van der Waals surface area contributed by atoms with Crippen molar-refractivity contribution in [2.45, 2.75) is 19.3 Å². The molecule has 0 unspecified atom stereocenters. The molecule has 1 aliphatic carbocycles. The number of nitrogens with zero attached hydrogens (tertiary/aromatic N) is 2. The number of fused-ring (bicyclic) bond motifs is 4. The van der Waals surface area contributed by atoms with Gasteiger partial charge in [0.1, 0.15) is 0 Å². The van der Waals surface area contributed by atoms with E-state index in [4.69, 9.17) is 0 Å². The molecule has 1 aliphatic rings. The van der Waals surface area contributed by atoms with E-state index in [1.165, 1.54) is 0 Å². The van der Waals surface area contributed by atoms with Crippen molar-refractivity contribution >= 4 is 32.5 Å². The zero-order chi connectivity index (χ0) is 22.5. The molecule has 0 bridgehead atoms. The van der Waals surface area contributed by atoms with Gasteiger partial charge >= 0.3 is 0 Å². The van der Waals surface area contributed by atoms with Crippen molar-refractivity contribution in [3.63, 3.8) is 0 Å². The van der Waals surface area contributed by atoms with Crippen LogP contribution >= 0.6 is 0 Å². The minimum Gasteiger partial charge on any atom is -0.273 e. The molecule has 0 spiro atoms. The summed E-state index contributed by atoms with van der Waals surface area (Å²) in [5.41, 5.74) is 6.25. The first-order valence-corrected chi connectivity index (χ1v) is 12.3. The Morgan fingerprint density at radius 2 is 1.53 bits per heavy atom. The minimum atomic E-state index is -3.83. The predicted octanol–water partition coefficient (Wildman–Crippen LogP) is 5.04. The van der Waals surface area contributed by atoms with Gasteiger partial charge in [-0.25, -0.2) is 12.7 Å². The van der Waals surface area contributed by atoms with Crippen LogP contribution in [0.5, 0.6) is 0 Å². The number of pyridine rings is 1. The number of aromatic nitrogens is 1. The zero-order valence-corrected chi connectivity index (χ0v) is 18.6. The Morgan fingerprint density at radius 1 is 0.906 bits per heavy atom. The number of hydrogen-bond donors (Lipinski definition) is 0. The van der Waals surface area contributed by atoms with Gasteiger partial charge in [-0.3, -0.25) is 9.78 Å². The Balaban J connectivity index is 1.55. The first-order chi connectivity index (χ1) is 15.3. The molecular weight excluding hydrogens is 420 g/mol. The van der Waals surface area contributed by atoms with Gasteiger partial charge in [-0.15, -0.1) is 0 Å². The molecule has 32 heavy (non-hydrogen) atoms. The van der Waals surface area contributed by atoms with Gasteiger partial charge in [0.15, 0.2) is 0 Å². The van der Waals surface area contributed by atoms with Crippen molar-refractivity contribution in [1.82, 2.24) is 4.98 Å². The molecule has 0 radical (unpaired) electrons. The lowest BCUT2D eigenvalue weighted by molar-refractivity contribution is -0.117. The van der Waals surface area contributed by atoms with Crippen molar-refractivity contribution in [2.24, 2.45) is 0 Å². The van der Waals surface area contributed by atoms with E-state index in [0.717, 1.165) is 49.4 Å². The van der Waals surface area contributed by atoms with Crippen molar-refractivity contribution < 1.29 is 13.2 Å². The number of amides is 1. The summed E-state index contributed by atoms with van der Waals surface area (Å²) in [5, 5.41) is 0.783. The maximum Gasteiger partial charge on any atom is 0.241 e. The van der Waals surface area contributed by atoms with Gasteiger partial charge in [-0.05, 0) is 53.4 Å². The van der Waals surface area contributed by atoms with E-state index in [1.807, 2.05) is 67.6 Å². The minimum absolute atomic E-state index is 0.0608. The van der Waals surface area contributed by atoms with Gasteiger partial charge in [0.05, 0.1) is 17.5 Å². The molecular formula is C26H22N2O3S. The fourth-order valence-corrected chi connectivity index (χ4v) is 5.54. The van der Waals surface area contributed by atoms with E-state index in [0.29, 0.717) is 5.69 Å². The zero-order valence-electron chi connectivity index (χ0n) is 17.8. The fourth-order valence-electron chi connectivity index (χ4n) is 4.60. The monoisotopic (exact) mass is 442 g/mol. The predicted molar refractivity (Wildman–Crippen MR) is 127 cm³/mol. The Morgan fingerprint density at radius 3 is 2.16 bits per heavy atom. The van der Waals surface area contributed by atoms with Crippen LogP contribution in [0.3, 0.4) is 0 Å². The van der Waals surface area contributed by atoms with Crippen molar-refractivity contribution in [3.05, 3.63) is 95.7 Å². The summed E-state index contributed by atoms with van der Waals surface area (Å²) in [6.45, 7) is 1.90. The molecule has 1 amide bonds. The maximum absolute atomic E-state index is 13.5. The SMILES string of the molecule is Cc1ccc2cc(N(C(=O)CC3c4ccccc4-c4ccccc43)S(C)(=O)=O)ccc2n1. The summed E-state index contributed by atoms with van der Waals surface area (Å²) < 4.78 is 26.4. The highest BCUT2D eigenvalue weighted by atomic mass is 32.2. The van der Waals surface area contributed by atoms with Crippen molar-refractivity contribution in [2.75, 3.05) is 10.6 Å². The van der Waals surface area contributed by atoms with Crippen LogP contribution in [0.1, 0.15) is 29.2 Å². The molecule has 160 valence electrons. The Hall–Kier alpha value is -3.51. The summed E-state index contributed by atoms with van der Waals surface area (Å²) in [5.74, 6) is -0.646. The van der Waals surface area contributed by atoms with Crippen LogP contribution in [0, 0.1) is 6.92 Å². The number of benzene rings is 3. The number of carbonyl (C=O) groups is 1. The molecule has 0 atom stereocenters. The molecule has 6 heteroatoms. The summed E-state index contributed by atoms with van der Waals surface area (Å²) in [6.07, 6.45) is 1.13. The third-order valence-electron chi connectivity index (χ3n) is 5.95. The second-order valence-corrected chi connectivity index (χ2v) is 10.0. The molecule has 0 N–H and O–H groups in total. The van der Waals surface area contributed by atoms with Gasteiger partial charge in [0, 0.05) is 23.4 Å². The van der Waals surface area contributed by atoms with E-state index < -0.39 is 15.9 Å². The fraction of sp³-hybridized carbons (Fsp3) is 0.154. The summed E-state index contributed by atoms with van der Waals surface area (Å²) in [7, 11) is -3.83. The lowest BCUT2D eigenvalue weighted by Crippen LogP contribution is -2.36. The standard InChI is InChI=1S/C26H22N2O3S/c1-17-11-12-18-15-19(13-14-25(18)27-17)28(32(2,30)31)26(29)16-24-22-9-5-3-7-20(22)21-8-4-6-10-23(21)24/h3-15,24H,16H2,1-2H3. The van der Waals surface area contributed by atoms with E-state index in [2.05, 4.69) is 4.98 Å². The number of aryl methyl sites for hydroxylation is 1. The average Bonchev–Trinajstić information content (AvgIpc) is 3.07. The molecule has 4 aromatic rings. The van der Waals surface area contributed by atoms with Crippen molar-refractivity contribution in [3.8, 4) is 11.1 Å². The smallest absolute Gasteiger partial charge is 0.241 e. The van der Waals surface area contributed by atoms with Crippen LogP contribution in [0.25, 0.3) is 22.0 Å². The Bertz CT molecular complexity index is 1430. The second kappa shape index (κ2) is 7.57. The molecule has 0 aliphatic heterocycles. The number of rotatable bonds is 4. The van der Waals surface area contributed by atoms with Crippen LogP contribution in [-0.2, 0) is 14.8 Å². The van der Waals surface area contributed by atoms with Crippen LogP contribution in [0.15, 0.2) is 78.9 Å². The number of anilines is 1. The second-order valence-electron chi connectivity index (χ2n) is 8.18. The number of carbonyl (C=O) groups excluding carboxylic acids is 1. The van der Waals surface area contributed by atoms with E-state index in [-0.39, 0.29) is 12.3 Å². The van der Waals surface area contributed by atoms with Gasteiger partial charge in [-0.2, -0.15) is 0 Å². The molecule has 1 aromatic heterocycles. The highest BCUT2D eigenvalue weighted by molar-refractivity contribution is 7.92. The molecule has 0 saturated heterocycles. The number of hydrogen-bond acceptors (Lipinski definition) is 4. The van der Waals surface area contributed by atoms with Gasteiger partial charge < -0.3 is 0 Å². The first kappa shape index (κ1) is 20.4. The Kier molecular flexibility index (Phi) is 4.82. The van der Waals surface area contributed by atoms with E-state index >= 15 is 0 Å². The highest BCUT2D eigenvalue weighted by Gasteiger charge is 2.34. The maximum atomic E-state index is 13.5. The average molecular weight is 443 g/mol. The molecule has 3 aromatic carbocycles. The summed E-state index contributed by atoms with van der Waals surface area (Å²) in [4.78, 5) is 18.0. The summed E-state index contributed by atoms with van der Waals surface area (Å²) in [6, 6.07) is 24.8. The molecule has 5 nitrogen and oxygen atoms in total.